The second kappa shape index (κ2) is 4.45. The maximum Gasteiger partial charge on any atom is 0.312 e. The summed E-state index contributed by atoms with van der Waals surface area (Å²) in [7, 11) is 1.63. The third-order valence-electron chi connectivity index (χ3n) is 2.94. The number of likely N-dealkylation sites (N-methyl/N-ethyl adjacent to an activating group) is 1. The van der Waals surface area contributed by atoms with Gasteiger partial charge in [0.2, 0.25) is 0 Å². The van der Waals surface area contributed by atoms with Gasteiger partial charge in [0.1, 0.15) is 0 Å². The molecule has 0 saturated carbocycles. The van der Waals surface area contributed by atoms with E-state index in [4.69, 9.17) is 5.73 Å². The van der Waals surface area contributed by atoms with Gasteiger partial charge in [-0.3, -0.25) is 9.59 Å². The van der Waals surface area contributed by atoms with Gasteiger partial charge in [-0.1, -0.05) is 18.2 Å². The number of nitrogens with two attached hydrogens (primary N) is 1. The molecule has 0 spiro atoms. The number of nitrogens with zero attached hydrogens (tertiary/aromatic N) is 2. The molecule has 2 rings (SSSR count). The molecule has 1 saturated heterocycles. The first kappa shape index (κ1) is 11.4. The summed E-state index contributed by atoms with van der Waals surface area (Å²) in [5.41, 5.74) is 7.33. The van der Waals surface area contributed by atoms with Crippen LogP contribution in [-0.2, 0) is 16.1 Å². The fraction of sp³-hybridized carbons (Fsp3) is 0.333. The van der Waals surface area contributed by atoms with Gasteiger partial charge in [-0.05, 0) is 11.6 Å². The van der Waals surface area contributed by atoms with E-state index in [0.29, 0.717) is 25.3 Å². The van der Waals surface area contributed by atoms with Crippen LogP contribution in [0.5, 0.6) is 0 Å². The van der Waals surface area contributed by atoms with Crippen molar-refractivity contribution in [3.63, 3.8) is 0 Å². The number of amides is 2. The Balaban J connectivity index is 2.12. The van der Waals surface area contributed by atoms with Gasteiger partial charge in [0.15, 0.2) is 0 Å². The van der Waals surface area contributed by atoms with E-state index in [2.05, 4.69) is 0 Å². The molecule has 0 radical (unpaired) electrons. The van der Waals surface area contributed by atoms with Crippen molar-refractivity contribution in [2.24, 2.45) is 0 Å². The van der Waals surface area contributed by atoms with E-state index in [-0.39, 0.29) is 0 Å². The molecule has 2 amide bonds. The number of benzene rings is 1. The van der Waals surface area contributed by atoms with Crippen LogP contribution < -0.4 is 5.73 Å². The van der Waals surface area contributed by atoms with Crippen LogP contribution in [0.4, 0.5) is 5.69 Å². The van der Waals surface area contributed by atoms with Gasteiger partial charge in [-0.15, -0.1) is 0 Å². The van der Waals surface area contributed by atoms with Gasteiger partial charge in [0.05, 0.1) is 0 Å². The number of carbonyl (C=O) groups is 2. The molecule has 2 N–H and O–H groups in total. The van der Waals surface area contributed by atoms with E-state index in [1.165, 1.54) is 9.80 Å². The Labute approximate surface area is 99.8 Å². The van der Waals surface area contributed by atoms with Crippen molar-refractivity contribution in [1.29, 1.82) is 0 Å². The Morgan fingerprint density at radius 2 is 1.88 bits per heavy atom. The first-order valence-corrected chi connectivity index (χ1v) is 5.47. The van der Waals surface area contributed by atoms with E-state index in [1.807, 2.05) is 18.2 Å². The zero-order chi connectivity index (χ0) is 12.4. The number of anilines is 1. The lowest BCUT2D eigenvalue weighted by Gasteiger charge is -2.31. The topological polar surface area (TPSA) is 66.6 Å². The number of rotatable bonds is 2. The van der Waals surface area contributed by atoms with Crippen LogP contribution in [0, 0.1) is 0 Å². The molecule has 0 aliphatic carbocycles. The molecule has 1 fully saturated rings. The molecular weight excluding hydrogens is 218 g/mol. The predicted molar refractivity (Wildman–Crippen MR) is 63.9 cm³/mol. The molecule has 0 atom stereocenters. The van der Waals surface area contributed by atoms with E-state index in [9.17, 15) is 9.59 Å². The van der Waals surface area contributed by atoms with Crippen molar-refractivity contribution in [3.8, 4) is 0 Å². The summed E-state index contributed by atoms with van der Waals surface area (Å²) in [5, 5.41) is 0. The Bertz CT molecular complexity index is 459. The molecule has 0 aromatic heterocycles. The quantitative estimate of drug-likeness (QED) is 0.580. The molecule has 0 bridgehead atoms. The highest BCUT2D eigenvalue weighted by Gasteiger charge is 2.30. The number of hydrogen-bond donors (Lipinski definition) is 1. The summed E-state index contributed by atoms with van der Waals surface area (Å²) in [4.78, 5) is 26.2. The number of piperazine rings is 1. The second-order valence-electron chi connectivity index (χ2n) is 4.15. The number of nitrogen functional groups attached to an aromatic ring is 1. The average molecular weight is 233 g/mol. The molecular formula is C12H15N3O2. The molecule has 17 heavy (non-hydrogen) atoms. The largest absolute Gasteiger partial charge is 0.398 e. The minimum Gasteiger partial charge on any atom is -0.398 e. The molecule has 0 unspecified atom stereocenters. The standard InChI is InChI=1S/C12H15N3O2/c1-14-6-7-15(12(17)11(14)16)8-9-4-2-3-5-10(9)13/h2-5H,6-8,13H2,1H3. The second-order valence-corrected chi connectivity index (χ2v) is 4.15. The van der Waals surface area contributed by atoms with E-state index >= 15 is 0 Å². The molecule has 90 valence electrons. The number of carbonyl (C=O) groups excluding carboxylic acids is 2. The highest BCUT2D eigenvalue weighted by atomic mass is 16.2. The Kier molecular flexibility index (Phi) is 2.99. The minimum atomic E-state index is -0.456. The molecule has 5 heteroatoms. The van der Waals surface area contributed by atoms with Gasteiger partial charge < -0.3 is 15.5 Å². The monoisotopic (exact) mass is 233 g/mol. The summed E-state index contributed by atoms with van der Waals surface area (Å²) in [5.74, 6) is -0.909. The Morgan fingerprint density at radius 1 is 1.18 bits per heavy atom. The van der Waals surface area contributed by atoms with Crippen molar-refractivity contribution < 1.29 is 9.59 Å². The molecule has 1 aliphatic heterocycles. The maximum absolute atomic E-state index is 11.7. The van der Waals surface area contributed by atoms with Gasteiger partial charge in [0.25, 0.3) is 0 Å². The summed E-state index contributed by atoms with van der Waals surface area (Å²) in [6.45, 7) is 1.51. The maximum atomic E-state index is 11.7. The van der Waals surface area contributed by atoms with Crippen LogP contribution in [0.25, 0.3) is 0 Å². The zero-order valence-corrected chi connectivity index (χ0v) is 9.72. The lowest BCUT2D eigenvalue weighted by atomic mass is 10.1. The van der Waals surface area contributed by atoms with Crippen molar-refractivity contribution in [1.82, 2.24) is 9.80 Å². The van der Waals surface area contributed by atoms with E-state index in [1.54, 1.807) is 13.1 Å². The smallest absolute Gasteiger partial charge is 0.312 e. The highest BCUT2D eigenvalue weighted by Crippen LogP contribution is 2.15. The normalized spacial score (nSPS) is 16.5. The van der Waals surface area contributed by atoms with Crippen LogP contribution in [0.2, 0.25) is 0 Å². The summed E-state index contributed by atoms with van der Waals surface area (Å²) in [6.07, 6.45) is 0. The minimum absolute atomic E-state index is 0.394. The lowest BCUT2D eigenvalue weighted by Crippen LogP contribution is -2.52. The van der Waals surface area contributed by atoms with Crippen LogP contribution in [-0.4, -0.2) is 41.8 Å². The van der Waals surface area contributed by atoms with Gasteiger partial charge in [-0.25, -0.2) is 0 Å². The van der Waals surface area contributed by atoms with Gasteiger partial charge in [0, 0.05) is 32.4 Å². The predicted octanol–water partition coefficient (Wildman–Crippen LogP) is 0.0694. The summed E-state index contributed by atoms with van der Waals surface area (Å²) in [6, 6.07) is 7.37. The van der Waals surface area contributed by atoms with Crippen molar-refractivity contribution in [2.45, 2.75) is 6.54 Å². The Morgan fingerprint density at radius 3 is 2.59 bits per heavy atom. The first-order chi connectivity index (χ1) is 8.09. The molecule has 5 nitrogen and oxygen atoms in total. The van der Waals surface area contributed by atoms with Crippen molar-refractivity contribution in [2.75, 3.05) is 25.9 Å². The van der Waals surface area contributed by atoms with Crippen LogP contribution in [0.1, 0.15) is 5.56 Å². The highest BCUT2D eigenvalue weighted by molar-refractivity contribution is 6.35. The number of hydrogen-bond acceptors (Lipinski definition) is 3. The van der Waals surface area contributed by atoms with Crippen LogP contribution in [0.3, 0.4) is 0 Å². The fourth-order valence-corrected chi connectivity index (χ4v) is 1.81. The average Bonchev–Trinajstić information content (AvgIpc) is 2.32. The van der Waals surface area contributed by atoms with Crippen LogP contribution in [0.15, 0.2) is 24.3 Å². The van der Waals surface area contributed by atoms with E-state index < -0.39 is 11.8 Å². The number of para-hydroxylation sites is 1. The SMILES string of the molecule is CN1CCN(Cc2ccccc2N)C(=O)C1=O. The zero-order valence-electron chi connectivity index (χ0n) is 9.72. The molecule has 1 aliphatic rings. The van der Waals surface area contributed by atoms with Crippen molar-refractivity contribution >= 4 is 17.5 Å². The molecule has 1 heterocycles. The lowest BCUT2D eigenvalue weighted by molar-refractivity contribution is -0.155. The third kappa shape index (κ3) is 2.22. The fourth-order valence-electron chi connectivity index (χ4n) is 1.81. The molecule has 1 aromatic rings. The van der Waals surface area contributed by atoms with Gasteiger partial charge in [-0.2, -0.15) is 0 Å². The first-order valence-electron chi connectivity index (χ1n) is 5.47. The summed E-state index contributed by atoms with van der Waals surface area (Å²) < 4.78 is 0. The Hall–Kier alpha value is -2.04. The molecule has 1 aromatic carbocycles. The summed E-state index contributed by atoms with van der Waals surface area (Å²) >= 11 is 0. The van der Waals surface area contributed by atoms with Gasteiger partial charge >= 0.3 is 11.8 Å². The van der Waals surface area contributed by atoms with Crippen molar-refractivity contribution in [3.05, 3.63) is 29.8 Å². The van der Waals surface area contributed by atoms with E-state index in [0.717, 1.165) is 5.56 Å². The third-order valence-corrected chi connectivity index (χ3v) is 2.94. The van der Waals surface area contributed by atoms with Crippen LogP contribution >= 0.6 is 0 Å².